The molecule has 2 atom stereocenters. The first-order chi connectivity index (χ1) is 13.8. The number of allylic oxidation sites excluding steroid dienone is 4. The number of ether oxygens (including phenoxy) is 3. The van der Waals surface area contributed by atoms with E-state index in [0.29, 0.717) is 28.2 Å². The molecule has 154 valence electrons. The zero-order valence-corrected chi connectivity index (χ0v) is 17.1. The van der Waals surface area contributed by atoms with Crippen LogP contribution < -0.4 is 0 Å². The topological polar surface area (TPSA) is 82.1 Å². The van der Waals surface area contributed by atoms with Crippen LogP contribution in [-0.2, 0) is 28.6 Å². The van der Waals surface area contributed by atoms with Gasteiger partial charge in [-0.15, -0.1) is 0 Å². The number of hydrogen-bond donors (Lipinski definition) is 0. The van der Waals surface area contributed by atoms with Crippen molar-refractivity contribution in [3.05, 3.63) is 59.1 Å². The Morgan fingerprint density at radius 1 is 1.03 bits per heavy atom. The Kier molecular flexibility index (Phi) is 5.77. The molecule has 3 aliphatic rings. The van der Waals surface area contributed by atoms with Gasteiger partial charge in [0.2, 0.25) is 0 Å². The van der Waals surface area contributed by atoms with Gasteiger partial charge in [-0.3, -0.25) is 14.5 Å². The fraction of sp³-hybridized carbons (Fsp3) is 0.409. The van der Waals surface area contributed by atoms with Crippen LogP contribution in [0.1, 0.15) is 20.8 Å². The number of carbonyl (C=O) groups is 3. The second-order valence-electron chi connectivity index (χ2n) is 7.38. The second kappa shape index (κ2) is 8.11. The zero-order chi connectivity index (χ0) is 21.3. The lowest BCUT2D eigenvalue weighted by molar-refractivity contribution is -0.145. The number of imide groups is 1. The molecule has 2 amide bonds. The van der Waals surface area contributed by atoms with Crippen molar-refractivity contribution >= 4 is 17.8 Å². The molecule has 7 heteroatoms. The van der Waals surface area contributed by atoms with Crippen LogP contribution in [0.25, 0.3) is 0 Å². The lowest BCUT2D eigenvalue weighted by Gasteiger charge is -2.43. The number of methoxy groups -OCH3 is 1. The van der Waals surface area contributed by atoms with E-state index in [2.05, 4.69) is 6.58 Å². The summed E-state index contributed by atoms with van der Waals surface area (Å²) in [6.45, 7) is 8.92. The summed E-state index contributed by atoms with van der Waals surface area (Å²) in [5.74, 6) is -0.774. The molecular weight excluding hydrogens is 374 g/mol. The van der Waals surface area contributed by atoms with Gasteiger partial charge >= 0.3 is 5.97 Å². The van der Waals surface area contributed by atoms with Crippen molar-refractivity contribution < 1.29 is 28.6 Å². The van der Waals surface area contributed by atoms with Crippen LogP contribution in [0, 0.1) is 11.8 Å². The van der Waals surface area contributed by atoms with E-state index < -0.39 is 17.8 Å². The summed E-state index contributed by atoms with van der Waals surface area (Å²) >= 11 is 0. The van der Waals surface area contributed by atoms with Gasteiger partial charge in [-0.05, 0) is 45.1 Å². The Morgan fingerprint density at radius 3 is 2.14 bits per heavy atom. The summed E-state index contributed by atoms with van der Waals surface area (Å²) in [5, 5.41) is 0. The van der Waals surface area contributed by atoms with Gasteiger partial charge in [0.05, 0.1) is 13.0 Å². The number of carbonyl (C=O) groups excluding carboxylic acids is 3. The third kappa shape index (κ3) is 3.64. The van der Waals surface area contributed by atoms with Gasteiger partial charge in [0.25, 0.3) is 11.8 Å². The van der Waals surface area contributed by atoms with E-state index in [0.717, 1.165) is 0 Å². The second-order valence-corrected chi connectivity index (χ2v) is 7.38. The van der Waals surface area contributed by atoms with Crippen molar-refractivity contribution in [2.45, 2.75) is 26.8 Å². The SMILES string of the molecule is C=C(C)C(=O)OCCOC1=CC=C2C(=O)N(C(C)C)C(=O)C3=CC=C(OC)C1[C@@H]32. The number of amides is 2. The number of rotatable bonds is 7. The first-order valence-electron chi connectivity index (χ1n) is 9.48. The van der Waals surface area contributed by atoms with Gasteiger partial charge in [-0.25, -0.2) is 4.79 Å². The molecule has 1 aliphatic heterocycles. The molecule has 7 nitrogen and oxygen atoms in total. The highest BCUT2D eigenvalue weighted by molar-refractivity contribution is 6.16. The van der Waals surface area contributed by atoms with Gasteiger partial charge in [-0.2, -0.15) is 0 Å². The minimum Gasteiger partial charge on any atom is -0.500 e. The van der Waals surface area contributed by atoms with Crippen LogP contribution >= 0.6 is 0 Å². The van der Waals surface area contributed by atoms with Crippen molar-refractivity contribution in [3.63, 3.8) is 0 Å². The number of piperidine rings is 1. The zero-order valence-electron chi connectivity index (χ0n) is 17.1. The van der Waals surface area contributed by atoms with Crippen LogP contribution in [0.3, 0.4) is 0 Å². The molecule has 0 aromatic heterocycles. The third-order valence-corrected chi connectivity index (χ3v) is 5.09. The summed E-state index contributed by atoms with van der Waals surface area (Å²) in [6, 6.07) is -0.242. The quantitative estimate of drug-likeness (QED) is 0.283. The Balaban J connectivity index is 1.87. The van der Waals surface area contributed by atoms with Gasteiger partial charge < -0.3 is 14.2 Å². The summed E-state index contributed by atoms with van der Waals surface area (Å²) in [7, 11) is 1.54. The van der Waals surface area contributed by atoms with Gasteiger partial charge in [0.15, 0.2) is 0 Å². The fourth-order valence-electron chi connectivity index (χ4n) is 3.75. The van der Waals surface area contributed by atoms with Gasteiger partial charge in [-0.1, -0.05) is 6.58 Å². The molecule has 29 heavy (non-hydrogen) atoms. The molecule has 1 heterocycles. The molecule has 2 aliphatic carbocycles. The molecule has 0 radical (unpaired) electrons. The largest absolute Gasteiger partial charge is 0.500 e. The summed E-state index contributed by atoms with van der Waals surface area (Å²) in [6.07, 6.45) is 6.88. The highest BCUT2D eigenvalue weighted by atomic mass is 16.6. The van der Waals surface area contributed by atoms with Crippen LogP contribution in [0.2, 0.25) is 0 Å². The predicted molar refractivity (Wildman–Crippen MR) is 105 cm³/mol. The number of esters is 1. The Hall–Kier alpha value is -3.09. The van der Waals surface area contributed by atoms with Crippen molar-refractivity contribution in [2.75, 3.05) is 20.3 Å². The molecule has 0 bridgehead atoms. The molecule has 0 spiro atoms. The minimum absolute atomic E-state index is 0.0602. The van der Waals surface area contributed by atoms with Crippen LogP contribution in [0.5, 0.6) is 0 Å². The van der Waals surface area contributed by atoms with Crippen molar-refractivity contribution in [2.24, 2.45) is 11.8 Å². The normalized spacial score (nSPS) is 22.9. The molecule has 1 saturated heterocycles. The van der Waals surface area contributed by atoms with E-state index in [4.69, 9.17) is 14.2 Å². The fourth-order valence-corrected chi connectivity index (χ4v) is 3.75. The Labute approximate surface area is 170 Å². The average Bonchev–Trinajstić information content (AvgIpc) is 2.68. The molecule has 1 unspecified atom stereocenters. The molecular formula is C22H25NO6. The molecule has 0 aromatic carbocycles. The lowest BCUT2D eigenvalue weighted by atomic mass is 9.70. The Morgan fingerprint density at radius 2 is 1.62 bits per heavy atom. The van der Waals surface area contributed by atoms with E-state index in [1.807, 2.05) is 13.8 Å². The maximum absolute atomic E-state index is 13.0. The van der Waals surface area contributed by atoms with Crippen LogP contribution in [-0.4, -0.2) is 49.0 Å². The van der Waals surface area contributed by atoms with Crippen molar-refractivity contribution in [1.82, 2.24) is 4.90 Å². The highest BCUT2D eigenvalue weighted by Crippen LogP contribution is 2.47. The maximum atomic E-state index is 13.0. The van der Waals surface area contributed by atoms with E-state index in [-0.39, 0.29) is 31.1 Å². The van der Waals surface area contributed by atoms with Gasteiger partial charge in [0.1, 0.15) is 24.7 Å². The number of hydrogen-bond acceptors (Lipinski definition) is 6. The van der Waals surface area contributed by atoms with Crippen LogP contribution in [0.4, 0.5) is 0 Å². The molecule has 3 rings (SSSR count). The van der Waals surface area contributed by atoms with Crippen molar-refractivity contribution in [3.8, 4) is 0 Å². The molecule has 1 fully saturated rings. The molecule has 0 aromatic rings. The number of likely N-dealkylation sites (tertiary alicyclic amines) is 1. The van der Waals surface area contributed by atoms with Crippen molar-refractivity contribution in [1.29, 1.82) is 0 Å². The third-order valence-electron chi connectivity index (χ3n) is 5.09. The first-order valence-corrected chi connectivity index (χ1v) is 9.48. The summed E-state index contributed by atoms with van der Waals surface area (Å²) in [5.41, 5.74) is 1.39. The highest BCUT2D eigenvalue weighted by Gasteiger charge is 2.50. The summed E-state index contributed by atoms with van der Waals surface area (Å²) < 4.78 is 16.4. The first kappa shape index (κ1) is 20.6. The monoisotopic (exact) mass is 399 g/mol. The number of nitrogens with zero attached hydrogens (tertiary/aromatic N) is 1. The van der Waals surface area contributed by atoms with E-state index in [1.54, 1.807) is 38.3 Å². The average molecular weight is 399 g/mol. The molecule has 0 saturated carbocycles. The van der Waals surface area contributed by atoms with Gasteiger partial charge in [0, 0.05) is 28.7 Å². The standard InChI is InChI=1S/C22H25NO6/c1-12(2)22(26)29-11-10-28-17-9-7-15-18-14(6-8-16(27-5)19(17)18)20(24)23(13(3)4)21(15)25/h6-9,13,18-19H,1,10-11H2,2-5H3/t18-,19?/m0/s1. The van der Waals surface area contributed by atoms with Crippen LogP contribution in [0.15, 0.2) is 59.1 Å². The van der Waals surface area contributed by atoms with E-state index in [1.165, 1.54) is 4.90 Å². The molecule has 0 N–H and O–H groups in total. The van der Waals surface area contributed by atoms with E-state index >= 15 is 0 Å². The Bertz CT molecular complexity index is 889. The van der Waals surface area contributed by atoms with E-state index in [9.17, 15) is 14.4 Å². The smallest absolute Gasteiger partial charge is 0.333 e. The summed E-state index contributed by atoms with van der Waals surface area (Å²) in [4.78, 5) is 38.7. The minimum atomic E-state index is -0.481. The predicted octanol–water partition coefficient (Wildman–Crippen LogP) is 2.43. The maximum Gasteiger partial charge on any atom is 0.333 e. The lowest BCUT2D eigenvalue weighted by Crippen LogP contribution is -2.52.